The van der Waals surface area contributed by atoms with Gasteiger partial charge < -0.3 is 10.8 Å². The van der Waals surface area contributed by atoms with Crippen LogP contribution in [0.5, 0.6) is 0 Å². The average Bonchev–Trinajstić information content (AvgIpc) is 2.32. The second-order valence-electron chi connectivity index (χ2n) is 3.86. The summed E-state index contributed by atoms with van der Waals surface area (Å²) in [4.78, 5) is 4.23. The van der Waals surface area contributed by atoms with E-state index in [9.17, 15) is 5.11 Å². The van der Waals surface area contributed by atoms with E-state index in [1.165, 1.54) is 0 Å². The molecule has 3 nitrogen and oxygen atoms in total. The minimum Gasteiger partial charge on any atom is -0.399 e. The molecule has 1 aromatic heterocycles. The van der Waals surface area contributed by atoms with E-state index in [2.05, 4.69) is 20.9 Å². The van der Waals surface area contributed by atoms with Gasteiger partial charge in [0.15, 0.2) is 0 Å². The zero-order valence-corrected chi connectivity index (χ0v) is 10.8. The molecule has 1 aromatic carbocycles. The number of nitrogen functional groups attached to an aromatic ring is 1. The van der Waals surface area contributed by atoms with Crippen molar-refractivity contribution in [3.8, 4) is 0 Å². The van der Waals surface area contributed by atoms with Crippen molar-refractivity contribution in [2.45, 2.75) is 12.5 Å². The highest BCUT2D eigenvalue weighted by Gasteiger charge is 2.09. The number of hydrogen-bond acceptors (Lipinski definition) is 3. The summed E-state index contributed by atoms with van der Waals surface area (Å²) in [6, 6.07) is 11.1. The quantitative estimate of drug-likeness (QED) is 0.855. The minimum atomic E-state index is -0.577. The fourth-order valence-corrected chi connectivity index (χ4v) is 1.84. The summed E-state index contributed by atoms with van der Waals surface area (Å²) in [5, 5.41) is 10.1. The molecule has 2 aromatic rings. The highest BCUT2D eigenvalue weighted by atomic mass is 79.9. The lowest BCUT2D eigenvalue weighted by molar-refractivity contribution is 0.177. The molecule has 0 radical (unpaired) electrons. The molecule has 88 valence electrons. The van der Waals surface area contributed by atoms with Gasteiger partial charge in [-0.05, 0) is 45.8 Å². The Hall–Kier alpha value is -1.39. The molecule has 3 N–H and O–H groups in total. The molecule has 0 aliphatic heterocycles. The second-order valence-corrected chi connectivity index (χ2v) is 4.77. The van der Waals surface area contributed by atoms with Crippen LogP contribution in [0.1, 0.15) is 17.4 Å². The Labute approximate surface area is 108 Å². The third-order valence-corrected chi connectivity index (χ3v) is 2.96. The Bertz CT molecular complexity index is 499. The molecule has 0 saturated heterocycles. The van der Waals surface area contributed by atoms with E-state index in [-0.39, 0.29) is 0 Å². The number of hydrogen-bond donors (Lipinski definition) is 2. The second kappa shape index (κ2) is 5.29. The normalized spacial score (nSPS) is 12.4. The number of rotatable bonds is 3. The Morgan fingerprint density at radius 2 is 2.12 bits per heavy atom. The van der Waals surface area contributed by atoms with Crippen LogP contribution < -0.4 is 5.73 Å². The first kappa shape index (κ1) is 12.1. The average molecular weight is 293 g/mol. The van der Waals surface area contributed by atoms with Gasteiger partial charge in [-0.3, -0.25) is 4.98 Å². The maximum absolute atomic E-state index is 10.1. The van der Waals surface area contributed by atoms with Crippen molar-refractivity contribution in [1.29, 1.82) is 0 Å². The maximum Gasteiger partial charge on any atom is 0.0846 e. The molecule has 1 unspecified atom stereocenters. The van der Waals surface area contributed by atoms with Gasteiger partial charge >= 0.3 is 0 Å². The molecule has 0 spiro atoms. The number of nitrogens with two attached hydrogens (primary N) is 1. The van der Waals surface area contributed by atoms with Crippen molar-refractivity contribution in [3.63, 3.8) is 0 Å². The largest absolute Gasteiger partial charge is 0.399 e. The van der Waals surface area contributed by atoms with Crippen LogP contribution in [0.25, 0.3) is 0 Å². The Morgan fingerprint density at radius 1 is 1.29 bits per heavy atom. The SMILES string of the molecule is Nc1cccc(C(O)Cc2ccc(Br)cn2)c1. The van der Waals surface area contributed by atoms with E-state index in [1.807, 2.05) is 24.3 Å². The maximum atomic E-state index is 10.1. The zero-order valence-electron chi connectivity index (χ0n) is 9.18. The molecule has 0 aliphatic carbocycles. The first-order valence-electron chi connectivity index (χ1n) is 5.29. The Balaban J connectivity index is 2.11. The molecule has 1 heterocycles. The summed E-state index contributed by atoms with van der Waals surface area (Å²) in [6.45, 7) is 0. The van der Waals surface area contributed by atoms with Crippen molar-refractivity contribution in [1.82, 2.24) is 4.98 Å². The van der Waals surface area contributed by atoms with Crippen LogP contribution in [0.15, 0.2) is 47.1 Å². The summed E-state index contributed by atoms with van der Waals surface area (Å²) < 4.78 is 0.930. The van der Waals surface area contributed by atoms with E-state index in [1.54, 1.807) is 18.3 Å². The lowest BCUT2D eigenvalue weighted by Gasteiger charge is -2.11. The van der Waals surface area contributed by atoms with Gasteiger partial charge in [0.05, 0.1) is 6.10 Å². The topological polar surface area (TPSA) is 59.1 Å². The molecular weight excluding hydrogens is 280 g/mol. The van der Waals surface area contributed by atoms with E-state index in [0.717, 1.165) is 15.7 Å². The minimum absolute atomic E-state index is 0.483. The van der Waals surface area contributed by atoms with Crippen LogP contribution in [0.2, 0.25) is 0 Å². The monoisotopic (exact) mass is 292 g/mol. The number of nitrogens with zero attached hydrogens (tertiary/aromatic N) is 1. The number of aliphatic hydroxyl groups excluding tert-OH is 1. The Kier molecular flexibility index (Phi) is 3.76. The van der Waals surface area contributed by atoms with E-state index < -0.39 is 6.10 Å². The van der Waals surface area contributed by atoms with Gasteiger partial charge in [0.25, 0.3) is 0 Å². The summed E-state index contributed by atoms with van der Waals surface area (Å²) in [6.07, 6.45) is 1.63. The van der Waals surface area contributed by atoms with Crippen molar-refractivity contribution < 1.29 is 5.11 Å². The predicted octanol–water partition coefficient (Wildman–Crippen LogP) is 2.70. The number of halogens is 1. The van der Waals surface area contributed by atoms with Crippen LogP contribution >= 0.6 is 15.9 Å². The molecular formula is C13H13BrN2O. The van der Waals surface area contributed by atoms with Crippen LogP contribution in [0.3, 0.4) is 0 Å². The summed E-state index contributed by atoms with van der Waals surface area (Å²) in [5.74, 6) is 0. The number of aliphatic hydroxyl groups is 1. The van der Waals surface area contributed by atoms with Crippen LogP contribution in [0, 0.1) is 0 Å². The lowest BCUT2D eigenvalue weighted by Crippen LogP contribution is -2.03. The van der Waals surface area contributed by atoms with Crippen LogP contribution in [-0.4, -0.2) is 10.1 Å². The molecule has 0 bridgehead atoms. The molecule has 4 heteroatoms. The molecule has 1 atom stereocenters. The molecule has 2 rings (SSSR count). The predicted molar refractivity (Wildman–Crippen MR) is 71.5 cm³/mol. The highest BCUT2D eigenvalue weighted by molar-refractivity contribution is 9.10. The molecule has 0 saturated carbocycles. The van der Waals surface area contributed by atoms with Gasteiger partial charge in [-0.1, -0.05) is 12.1 Å². The van der Waals surface area contributed by atoms with E-state index in [4.69, 9.17) is 5.73 Å². The molecule has 0 amide bonds. The fourth-order valence-electron chi connectivity index (χ4n) is 1.61. The van der Waals surface area contributed by atoms with Gasteiger partial charge in [-0.2, -0.15) is 0 Å². The van der Waals surface area contributed by atoms with Gasteiger partial charge in [-0.25, -0.2) is 0 Å². The van der Waals surface area contributed by atoms with Gasteiger partial charge in [0.1, 0.15) is 0 Å². The van der Waals surface area contributed by atoms with Crippen molar-refractivity contribution >= 4 is 21.6 Å². The van der Waals surface area contributed by atoms with Gasteiger partial charge in [0, 0.05) is 28.5 Å². The highest BCUT2D eigenvalue weighted by Crippen LogP contribution is 2.19. The summed E-state index contributed by atoms with van der Waals surface area (Å²) in [7, 11) is 0. The number of anilines is 1. The third-order valence-electron chi connectivity index (χ3n) is 2.49. The first-order valence-corrected chi connectivity index (χ1v) is 6.08. The standard InChI is InChI=1S/C13H13BrN2O/c14-10-4-5-12(16-8-10)7-13(17)9-2-1-3-11(15)6-9/h1-6,8,13,17H,7,15H2. The summed E-state index contributed by atoms with van der Waals surface area (Å²) >= 11 is 3.32. The van der Waals surface area contributed by atoms with Crippen LogP contribution in [-0.2, 0) is 6.42 Å². The Morgan fingerprint density at radius 3 is 2.76 bits per heavy atom. The molecule has 0 aliphatic rings. The number of pyridine rings is 1. The van der Waals surface area contributed by atoms with E-state index >= 15 is 0 Å². The van der Waals surface area contributed by atoms with Gasteiger partial charge in [0.2, 0.25) is 0 Å². The van der Waals surface area contributed by atoms with E-state index in [0.29, 0.717) is 12.1 Å². The third kappa shape index (κ3) is 3.28. The van der Waals surface area contributed by atoms with Crippen LogP contribution in [0.4, 0.5) is 5.69 Å². The van der Waals surface area contributed by atoms with Crippen molar-refractivity contribution in [2.24, 2.45) is 0 Å². The zero-order chi connectivity index (χ0) is 12.3. The van der Waals surface area contributed by atoms with Gasteiger partial charge in [-0.15, -0.1) is 0 Å². The first-order chi connectivity index (χ1) is 8.15. The molecule has 17 heavy (non-hydrogen) atoms. The van der Waals surface area contributed by atoms with Crippen molar-refractivity contribution in [2.75, 3.05) is 5.73 Å². The number of aromatic nitrogens is 1. The smallest absolute Gasteiger partial charge is 0.0846 e. The summed E-state index contributed by atoms with van der Waals surface area (Å²) in [5.41, 5.74) is 8.00. The fraction of sp³-hybridized carbons (Fsp3) is 0.154. The lowest BCUT2D eigenvalue weighted by atomic mass is 10.0. The van der Waals surface area contributed by atoms with Crippen molar-refractivity contribution in [3.05, 3.63) is 58.3 Å². The molecule has 0 fully saturated rings. The number of benzene rings is 1.